The number of thiophene rings is 1. The zero-order valence-corrected chi connectivity index (χ0v) is 12.9. The van der Waals surface area contributed by atoms with Crippen molar-refractivity contribution in [1.29, 1.82) is 0 Å². The van der Waals surface area contributed by atoms with Crippen LogP contribution in [0.4, 0.5) is 0 Å². The van der Waals surface area contributed by atoms with E-state index in [-0.39, 0.29) is 0 Å². The summed E-state index contributed by atoms with van der Waals surface area (Å²) in [4.78, 5) is 0. The molecule has 0 amide bonds. The smallest absolute Gasteiger partial charge is 0.0809 e. The lowest BCUT2D eigenvalue weighted by atomic mass is 10.2. The van der Waals surface area contributed by atoms with Gasteiger partial charge in [-0.25, -0.2) is 0 Å². The van der Waals surface area contributed by atoms with Crippen molar-refractivity contribution >= 4 is 27.3 Å². The summed E-state index contributed by atoms with van der Waals surface area (Å²) in [6.45, 7) is 4.43. The van der Waals surface area contributed by atoms with Gasteiger partial charge in [0.05, 0.1) is 16.5 Å². The lowest BCUT2D eigenvalue weighted by molar-refractivity contribution is 0.0166. The minimum absolute atomic E-state index is 0.348. The second kappa shape index (κ2) is 8.27. The molecule has 1 N–H and O–H groups in total. The van der Waals surface area contributed by atoms with E-state index in [1.54, 1.807) is 11.3 Å². The fourth-order valence-corrected chi connectivity index (χ4v) is 3.17. The number of rotatable bonds is 8. The van der Waals surface area contributed by atoms with Gasteiger partial charge in [-0.1, -0.05) is 0 Å². The molecule has 1 unspecified atom stereocenters. The Balaban J connectivity index is 1.41. The Morgan fingerprint density at radius 3 is 3.22 bits per heavy atom. The summed E-state index contributed by atoms with van der Waals surface area (Å²) >= 11 is 5.19. The van der Waals surface area contributed by atoms with Crippen LogP contribution in [-0.2, 0) is 16.0 Å². The average molecular weight is 334 g/mol. The molecule has 3 nitrogen and oxygen atoms in total. The summed E-state index contributed by atoms with van der Waals surface area (Å²) in [5.74, 6) is 0. The molecule has 5 heteroatoms. The van der Waals surface area contributed by atoms with E-state index in [0.717, 1.165) is 45.8 Å². The fourth-order valence-electron chi connectivity index (χ4n) is 1.96. The molecule has 1 saturated heterocycles. The quantitative estimate of drug-likeness (QED) is 0.741. The molecule has 1 aliphatic rings. The van der Waals surface area contributed by atoms with Crippen LogP contribution in [-0.4, -0.2) is 32.5 Å². The summed E-state index contributed by atoms with van der Waals surface area (Å²) in [5.41, 5.74) is 1.34. The van der Waals surface area contributed by atoms with Crippen LogP contribution in [0.3, 0.4) is 0 Å². The van der Waals surface area contributed by atoms with E-state index in [9.17, 15) is 0 Å². The van der Waals surface area contributed by atoms with Crippen molar-refractivity contribution in [2.75, 3.05) is 26.4 Å². The van der Waals surface area contributed by atoms with Gasteiger partial charge in [-0.2, -0.15) is 0 Å². The van der Waals surface area contributed by atoms with Crippen LogP contribution < -0.4 is 5.32 Å². The Morgan fingerprint density at radius 2 is 2.50 bits per heavy atom. The molecule has 18 heavy (non-hydrogen) atoms. The van der Waals surface area contributed by atoms with Crippen LogP contribution in [0.15, 0.2) is 15.2 Å². The molecule has 0 saturated carbocycles. The van der Waals surface area contributed by atoms with Gasteiger partial charge in [0.2, 0.25) is 0 Å². The molecule has 2 heterocycles. The molecule has 1 atom stereocenters. The second-order valence-corrected chi connectivity index (χ2v) is 6.79. The number of halogens is 1. The predicted molar refractivity (Wildman–Crippen MR) is 78.1 cm³/mol. The molecule has 1 aromatic rings. The number of hydrogen-bond acceptors (Lipinski definition) is 4. The van der Waals surface area contributed by atoms with Crippen molar-refractivity contribution < 1.29 is 9.47 Å². The van der Waals surface area contributed by atoms with Crippen molar-refractivity contribution in [1.82, 2.24) is 5.32 Å². The maximum atomic E-state index is 5.60. The molecular weight excluding hydrogens is 314 g/mol. The Hall–Kier alpha value is 0.0600. The summed E-state index contributed by atoms with van der Waals surface area (Å²) < 4.78 is 12.3. The topological polar surface area (TPSA) is 30.5 Å². The van der Waals surface area contributed by atoms with Gasteiger partial charge in [0, 0.05) is 19.8 Å². The molecule has 102 valence electrons. The summed E-state index contributed by atoms with van der Waals surface area (Å²) in [6, 6.07) is 2.16. The Kier molecular flexibility index (Phi) is 6.65. The summed E-state index contributed by atoms with van der Waals surface area (Å²) in [6.07, 6.45) is 3.75. The first kappa shape index (κ1) is 14.5. The van der Waals surface area contributed by atoms with Gasteiger partial charge in [-0.05, 0) is 58.7 Å². The predicted octanol–water partition coefficient (Wildman–Crippen LogP) is 3.19. The first-order chi connectivity index (χ1) is 8.84. The van der Waals surface area contributed by atoms with Crippen LogP contribution in [0.1, 0.15) is 24.8 Å². The lowest BCUT2D eigenvalue weighted by Gasteiger charge is -2.10. The van der Waals surface area contributed by atoms with Crippen molar-refractivity contribution in [3.8, 4) is 0 Å². The highest BCUT2D eigenvalue weighted by atomic mass is 79.9. The molecule has 0 bridgehead atoms. The van der Waals surface area contributed by atoms with Crippen molar-refractivity contribution in [2.24, 2.45) is 0 Å². The Bertz CT molecular complexity index is 339. The van der Waals surface area contributed by atoms with E-state index in [2.05, 4.69) is 32.7 Å². The van der Waals surface area contributed by atoms with E-state index in [0.29, 0.717) is 6.10 Å². The van der Waals surface area contributed by atoms with Gasteiger partial charge in [0.25, 0.3) is 0 Å². The number of ether oxygens (including phenoxy) is 2. The van der Waals surface area contributed by atoms with Crippen LogP contribution in [0, 0.1) is 0 Å². The maximum absolute atomic E-state index is 5.60. The van der Waals surface area contributed by atoms with E-state index in [1.165, 1.54) is 15.8 Å². The molecule has 1 aliphatic heterocycles. The highest BCUT2D eigenvalue weighted by Crippen LogP contribution is 2.20. The third-order valence-corrected chi connectivity index (χ3v) is 4.47. The molecule has 1 fully saturated rings. The highest BCUT2D eigenvalue weighted by Gasteiger charge is 2.14. The molecule has 2 rings (SSSR count). The van der Waals surface area contributed by atoms with E-state index >= 15 is 0 Å². The average Bonchev–Trinajstić information content (AvgIpc) is 3.00. The number of hydrogen-bond donors (Lipinski definition) is 1. The minimum Gasteiger partial charge on any atom is -0.379 e. The molecule has 0 radical (unpaired) electrons. The molecule has 0 aliphatic carbocycles. The van der Waals surface area contributed by atoms with Crippen LogP contribution in [0.25, 0.3) is 0 Å². The molecular formula is C13H20BrNO2S. The van der Waals surface area contributed by atoms with Crippen molar-refractivity contribution in [3.05, 3.63) is 20.8 Å². The van der Waals surface area contributed by atoms with Crippen LogP contribution in [0.5, 0.6) is 0 Å². The SMILES string of the molecule is Brc1cc(CNCCCOCC2CCCO2)cs1. The first-order valence-electron chi connectivity index (χ1n) is 6.47. The van der Waals surface area contributed by atoms with Crippen molar-refractivity contribution in [3.63, 3.8) is 0 Å². The largest absolute Gasteiger partial charge is 0.379 e. The molecule has 0 spiro atoms. The first-order valence-corrected chi connectivity index (χ1v) is 8.15. The minimum atomic E-state index is 0.348. The number of nitrogens with one attached hydrogen (secondary N) is 1. The third-order valence-electron chi connectivity index (χ3n) is 2.92. The Labute approximate surface area is 121 Å². The summed E-state index contributed by atoms with van der Waals surface area (Å²) in [7, 11) is 0. The normalized spacial score (nSPS) is 19.5. The fraction of sp³-hybridized carbons (Fsp3) is 0.692. The monoisotopic (exact) mass is 333 g/mol. The van der Waals surface area contributed by atoms with Gasteiger partial charge in [0.15, 0.2) is 0 Å². The van der Waals surface area contributed by atoms with E-state index in [1.807, 2.05) is 0 Å². The maximum Gasteiger partial charge on any atom is 0.0809 e. The zero-order chi connectivity index (χ0) is 12.6. The van der Waals surface area contributed by atoms with Crippen LogP contribution >= 0.6 is 27.3 Å². The zero-order valence-electron chi connectivity index (χ0n) is 10.5. The standard InChI is InChI=1S/C13H20BrNO2S/c14-13-7-11(10-18-13)8-15-4-2-5-16-9-12-3-1-6-17-12/h7,10,12,15H,1-6,8-9H2. The van der Waals surface area contributed by atoms with Gasteiger partial charge in [-0.15, -0.1) is 11.3 Å². The second-order valence-electron chi connectivity index (χ2n) is 4.50. The van der Waals surface area contributed by atoms with Gasteiger partial charge in [-0.3, -0.25) is 0 Å². The third kappa shape index (κ3) is 5.36. The van der Waals surface area contributed by atoms with Crippen molar-refractivity contribution in [2.45, 2.75) is 31.9 Å². The van der Waals surface area contributed by atoms with Gasteiger partial charge < -0.3 is 14.8 Å². The van der Waals surface area contributed by atoms with Gasteiger partial charge in [0.1, 0.15) is 0 Å². The Morgan fingerprint density at radius 1 is 1.56 bits per heavy atom. The molecule has 1 aromatic heterocycles. The molecule has 0 aromatic carbocycles. The van der Waals surface area contributed by atoms with Gasteiger partial charge >= 0.3 is 0 Å². The van der Waals surface area contributed by atoms with Crippen LogP contribution in [0.2, 0.25) is 0 Å². The van der Waals surface area contributed by atoms with E-state index < -0.39 is 0 Å². The highest BCUT2D eigenvalue weighted by molar-refractivity contribution is 9.11. The lowest BCUT2D eigenvalue weighted by Crippen LogP contribution is -2.18. The summed E-state index contributed by atoms with van der Waals surface area (Å²) in [5, 5.41) is 5.59. The van der Waals surface area contributed by atoms with E-state index in [4.69, 9.17) is 9.47 Å².